The van der Waals surface area contributed by atoms with Gasteiger partial charge in [-0.2, -0.15) is 0 Å². The van der Waals surface area contributed by atoms with E-state index in [0.29, 0.717) is 23.7 Å². The minimum atomic E-state index is -0.966. The van der Waals surface area contributed by atoms with Crippen LogP contribution in [0, 0.1) is 0 Å². The number of para-hydroxylation sites is 3. The first kappa shape index (κ1) is 14.9. The zero-order chi connectivity index (χ0) is 15.1. The van der Waals surface area contributed by atoms with Crippen LogP contribution in [0.15, 0.2) is 54.6 Å². The molecule has 0 saturated heterocycles. The summed E-state index contributed by atoms with van der Waals surface area (Å²) in [5, 5.41) is 9.18. The quantitative estimate of drug-likeness (QED) is 0.832. The van der Waals surface area contributed by atoms with E-state index in [1.807, 2.05) is 43.3 Å². The highest BCUT2D eigenvalue weighted by molar-refractivity contribution is 5.72. The van der Waals surface area contributed by atoms with Gasteiger partial charge in [0.25, 0.3) is 0 Å². The Hall–Kier alpha value is -2.49. The summed E-state index contributed by atoms with van der Waals surface area (Å²) in [5.41, 5.74) is 0. The molecule has 0 saturated carbocycles. The summed E-state index contributed by atoms with van der Waals surface area (Å²) in [7, 11) is 0. The summed E-state index contributed by atoms with van der Waals surface area (Å²) < 4.78 is 11.3. The van der Waals surface area contributed by atoms with Gasteiger partial charge in [0.1, 0.15) is 5.75 Å². The highest BCUT2D eigenvalue weighted by atomic mass is 16.5. The molecule has 2 rings (SSSR count). The molecule has 0 heterocycles. The van der Waals surface area contributed by atoms with E-state index in [4.69, 9.17) is 9.47 Å². The van der Waals surface area contributed by atoms with Gasteiger partial charge in [0, 0.05) is 0 Å². The number of carboxylic acid groups (broad SMARTS) is 1. The number of hydrogen-bond acceptors (Lipinski definition) is 3. The highest BCUT2D eigenvalue weighted by Gasteiger charge is 2.20. The predicted molar refractivity (Wildman–Crippen MR) is 79.9 cm³/mol. The van der Waals surface area contributed by atoms with Crippen molar-refractivity contribution in [2.45, 2.75) is 25.9 Å². The van der Waals surface area contributed by atoms with Gasteiger partial charge in [0.2, 0.25) is 0 Å². The van der Waals surface area contributed by atoms with E-state index in [1.165, 1.54) is 0 Å². The first-order valence-electron chi connectivity index (χ1n) is 6.92. The molecule has 2 aromatic carbocycles. The van der Waals surface area contributed by atoms with Crippen molar-refractivity contribution in [1.29, 1.82) is 0 Å². The van der Waals surface area contributed by atoms with Crippen molar-refractivity contribution in [3.8, 4) is 17.2 Å². The first-order valence-corrected chi connectivity index (χ1v) is 6.92. The third-order valence-corrected chi connectivity index (χ3v) is 2.92. The Morgan fingerprint density at radius 1 is 1.05 bits per heavy atom. The van der Waals surface area contributed by atoms with E-state index in [9.17, 15) is 9.90 Å². The van der Waals surface area contributed by atoms with Crippen molar-refractivity contribution in [3.63, 3.8) is 0 Å². The van der Waals surface area contributed by atoms with E-state index in [0.717, 1.165) is 6.42 Å². The average Bonchev–Trinajstić information content (AvgIpc) is 2.49. The minimum Gasteiger partial charge on any atom is -0.479 e. The lowest BCUT2D eigenvalue weighted by molar-refractivity contribution is -0.145. The zero-order valence-corrected chi connectivity index (χ0v) is 11.9. The van der Waals surface area contributed by atoms with Crippen LogP contribution in [0.3, 0.4) is 0 Å². The zero-order valence-electron chi connectivity index (χ0n) is 11.9. The third kappa shape index (κ3) is 4.24. The molecule has 4 nitrogen and oxygen atoms in total. The Balaban J connectivity index is 2.18. The number of aliphatic carboxylic acids is 1. The van der Waals surface area contributed by atoms with Crippen LogP contribution in [0.4, 0.5) is 0 Å². The fourth-order valence-corrected chi connectivity index (χ4v) is 1.90. The lowest BCUT2D eigenvalue weighted by Crippen LogP contribution is -2.26. The van der Waals surface area contributed by atoms with E-state index >= 15 is 0 Å². The summed E-state index contributed by atoms with van der Waals surface area (Å²) in [6.07, 6.45) is 0.323. The van der Waals surface area contributed by atoms with Crippen LogP contribution in [0.1, 0.15) is 19.8 Å². The van der Waals surface area contributed by atoms with Gasteiger partial charge in [0.15, 0.2) is 17.6 Å². The summed E-state index contributed by atoms with van der Waals surface area (Å²) in [5.74, 6) is 0.649. The first-order chi connectivity index (χ1) is 10.2. The van der Waals surface area contributed by atoms with Crippen LogP contribution >= 0.6 is 0 Å². The maximum Gasteiger partial charge on any atom is 0.344 e. The van der Waals surface area contributed by atoms with Crippen molar-refractivity contribution in [1.82, 2.24) is 0 Å². The van der Waals surface area contributed by atoms with Gasteiger partial charge in [0.05, 0.1) is 0 Å². The normalized spacial score (nSPS) is 11.7. The predicted octanol–water partition coefficient (Wildman–Crippen LogP) is 4.11. The van der Waals surface area contributed by atoms with Crippen molar-refractivity contribution >= 4 is 5.97 Å². The third-order valence-electron chi connectivity index (χ3n) is 2.92. The Morgan fingerprint density at radius 2 is 1.67 bits per heavy atom. The SMILES string of the molecule is CCCC(Oc1ccccc1Oc1ccccc1)C(=O)O. The molecule has 2 aromatic rings. The topological polar surface area (TPSA) is 55.8 Å². The second-order valence-electron chi connectivity index (χ2n) is 4.60. The van der Waals surface area contributed by atoms with Crippen molar-refractivity contribution in [2.24, 2.45) is 0 Å². The average molecular weight is 286 g/mol. The Morgan fingerprint density at radius 3 is 2.29 bits per heavy atom. The fraction of sp³-hybridized carbons (Fsp3) is 0.235. The number of rotatable bonds is 7. The number of ether oxygens (including phenoxy) is 2. The number of hydrogen-bond donors (Lipinski definition) is 1. The molecule has 110 valence electrons. The number of carbonyl (C=O) groups is 1. The van der Waals surface area contributed by atoms with Crippen LogP contribution in [0.25, 0.3) is 0 Å². The largest absolute Gasteiger partial charge is 0.479 e. The molecular weight excluding hydrogens is 268 g/mol. The van der Waals surface area contributed by atoms with Crippen LogP contribution in [0.5, 0.6) is 17.2 Å². The summed E-state index contributed by atoms with van der Waals surface area (Å²) in [4.78, 5) is 11.2. The van der Waals surface area contributed by atoms with Gasteiger partial charge in [-0.05, 0) is 30.7 Å². The molecule has 0 aliphatic carbocycles. The molecule has 4 heteroatoms. The molecule has 0 amide bonds. The molecule has 1 N–H and O–H groups in total. The second-order valence-corrected chi connectivity index (χ2v) is 4.60. The monoisotopic (exact) mass is 286 g/mol. The number of carboxylic acids is 1. The van der Waals surface area contributed by atoms with E-state index in [1.54, 1.807) is 18.2 Å². The number of benzene rings is 2. The van der Waals surface area contributed by atoms with Gasteiger partial charge in [-0.3, -0.25) is 0 Å². The Kier molecular flexibility index (Phi) is 5.21. The van der Waals surface area contributed by atoms with Gasteiger partial charge in [-0.1, -0.05) is 43.7 Å². The lowest BCUT2D eigenvalue weighted by atomic mass is 10.2. The van der Waals surface area contributed by atoms with Crippen LogP contribution < -0.4 is 9.47 Å². The van der Waals surface area contributed by atoms with Gasteiger partial charge >= 0.3 is 5.97 Å². The van der Waals surface area contributed by atoms with E-state index < -0.39 is 12.1 Å². The molecule has 0 aliphatic heterocycles. The summed E-state index contributed by atoms with van der Waals surface area (Å²) >= 11 is 0. The Bertz CT molecular complexity index is 580. The lowest BCUT2D eigenvalue weighted by Gasteiger charge is -2.17. The van der Waals surface area contributed by atoms with Crippen molar-refractivity contribution in [2.75, 3.05) is 0 Å². The summed E-state index contributed by atoms with van der Waals surface area (Å²) in [6.45, 7) is 1.92. The maximum atomic E-state index is 11.2. The highest BCUT2D eigenvalue weighted by Crippen LogP contribution is 2.32. The van der Waals surface area contributed by atoms with Crippen LogP contribution in [-0.2, 0) is 4.79 Å². The molecular formula is C17H18O4. The summed E-state index contributed by atoms with van der Waals surface area (Å²) in [6, 6.07) is 16.4. The molecule has 0 aromatic heterocycles. The molecule has 1 atom stereocenters. The van der Waals surface area contributed by atoms with E-state index in [2.05, 4.69) is 0 Å². The Labute approximate surface area is 123 Å². The molecule has 0 aliphatic rings. The van der Waals surface area contributed by atoms with Crippen LogP contribution in [-0.4, -0.2) is 17.2 Å². The van der Waals surface area contributed by atoms with Crippen LogP contribution in [0.2, 0.25) is 0 Å². The van der Waals surface area contributed by atoms with Crippen molar-refractivity contribution < 1.29 is 19.4 Å². The smallest absolute Gasteiger partial charge is 0.344 e. The molecule has 0 fully saturated rings. The minimum absolute atomic E-state index is 0.433. The van der Waals surface area contributed by atoms with Gasteiger partial charge in [-0.25, -0.2) is 4.79 Å². The molecule has 0 radical (unpaired) electrons. The standard InChI is InChI=1S/C17H18O4/c1-2-8-16(17(18)19)21-15-12-7-6-11-14(15)20-13-9-4-3-5-10-13/h3-7,9-12,16H,2,8H2,1H3,(H,18,19). The van der Waals surface area contributed by atoms with Gasteiger partial charge < -0.3 is 14.6 Å². The molecule has 1 unspecified atom stereocenters. The molecule has 21 heavy (non-hydrogen) atoms. The van der Waals surface area contributed by atoms with Gasteiger partial charge in [-0.15, -0.1) is 0 Å². The maximum absolute atomic E-state index is 11.2. The molecule has 0 bridgehead atoms. The fourth-order valence-electron chi connectivity index (χ4n) is 1.90. The molecule has 0 spiro atoms. The second kappa shape index (κ2) is 7.33. The van der Waals surface area contributed by atoms with Crippen molar-refractivity contribution in [3.05, 3.63) is 54.6 Å². The van der Waals surface area contributed by atoms with E-state index in [-0.39, 0.29) is 0 Å².